The minimum atomic E-state index is -4.08. The van der Waals surface area contributed by atoms with E-state index in [0.29, 0.717) is 18.1 Å². The molecule has 0 aliphatic heterocycles. The van der Waals surface area contributed by atoms with Crippen molar-refractivity contribution in [3.05, 3.63) is 11.1 Å². The smallest absolute Gasteiger partial charge is 0.375 e. The highest BCUT2D eigenvalue weighted by molar-refractivity contribution is 7.13. The van der Waals surface area contributed by atoms with Crippen molar-refractivity contribution in [2.45, 2.75) is 19.0 Å². The van der Waals surface area contributed by atoms with Gasteiger partial charge in [-0.15, -0.1) is 11.3 Å². The molecule has 0 unspecified atom stereocenters. The Bertz CT molecular complexity index is 324. The van der Waals surface area contributed by atoms with Crippen molar-refractivity contribution in [1.82, 2.24) is 9.88 Å². The number of thiazole rings is 1. The second-order valence-corrected chi connectivity index (χ2v) is 4.49. The first-order chi connectivity index (χ1) is 7.37. The topological polar surface area (TPSA) is 42.1 Å². The maximum Gasteiger partial charge on any atom is 0.390 e. The Morgan fingerprint density at radius 2 is 2.12 bits per heavy atom. The van der Waals surface area contributed by atoms with Crippen LogP contribution in [0.3, 0.4) is 0 Å². The van der Waals surface area contributed by atoms with E-state index >= 15 is 0 Å². The van der Waals surface area contributed by atoms with Crippen molar-refractivity contribution >= 4 is 16.5 Å². The van der Waals surface area contributed by atoms with Gasteiger partial charge in [-0.05, 0) is 7.05 Å². The zero-order valence-electron chi connectivity index (χ0n) is 8.92. The number of halogens is 3. The second kappa shape index (κ2) is 5.49. The molecule has 1 rings (SSSR count). The van der Waals surface area contributed by atoms with Gasteiger partial charge in [-0.1, -0.05) is 0 Å². The third kappa shape index (κ3) is 5.32. The van der Waals surface area contributed by atoms with Gasteiger partial charge in [0, 0.05) is 24.9 Å². The molecule has 3 nitrogen and oxygen atoms in total. The predicted octanol–water partition coefficient (Wildman–Crippen LogP) is 2.15. The largest absolute Gasteiger partial charge is 0.390 e. The molecule has 0 aromatic carbocycles. The van der Waals surface area contributed by atoms with E-state index in [1.165, 1.54) is 11.3 Å². The summed E-state index contributed by atoms with van der Waals surface area (Å²) in [5.74, 6) is 0. The van der Waals surface area contributed by atoms with E-state index in [9.17, 15) is 13.2 Å². The predicted molar refractivity (Wildman–Crippen MR) is 58.4 cm³/mol. The summed E-state index contributed by atoms with van der Waals surface area (Å²) in [6.07, 6.45) is -4.23. The Balaban J connectivity index is 2.22. The fourth-order valence-electron chi connectivity index (χ4n) is 1.17. The first-order valence-corrected chi connectivity index (χ1v) is 5.70. The van der Waals surface area contributed by atoms with Crippen LogP contribution in [0.2, 0.25) is 0 Å². The number of likely N-dealkylation sites (N-methyl/N-ethyl adjacent to an activating group) is 1. The SMILES string of the molecule is CN(CCc1csc(N)n1)CCC(F)(F)F. The van der Waals surface area contributed by atoms with Gasteiger partial charge in [0.15, 0.2) is 5.13 Å². The van der Waals surface area contributed by atoms with E-state index in [0.717, 1.165) is 5.69 Å². The number of nitrogens with zero attached hydrogens (tertiary/aromatic N) is 2. The van der Waals surface area contributed by atoms with Gasteiger partial charge in [0.05, 0.1) is 12.1 Å². The molecule has 16 heavy (non-hydrogen) atoms. The molecule has 0 saturated heterocycles. The van der Waals surface area contributed by atoms with Gasteiger partial charge < -0.3 is 10.6 Å². The van der Waals surface area contributed by atoms with Crippen molar-refractivity contribution in [2.24, 2.45) is 0 Å². The zero-order chi connectivity index (χ0) is 12.2. The highest BCUT2D eigenvalue weighted by Crippen LogP contribution is 2.19. The number of nitrogens with two attached hydrogens (primary N) is 1. The lowest BCUT2D eigenvalue weighted by Crippen LogP contribution is -2.26. The molecule has 7 heteroatoms. The lowest BCUT2D eigenvalue weighted by atomic mass is 10.3. The van der Waals surface area contributed by atoms with Crippen LogP contribution in [0.5, 0.6) is 0 Å². The van der Waals surface area contributed by atoms with Crippen molar-refractivity contribution in [1.29, 1.82) is 0 Å². The summed E-state index contributed by atoms with van der Waals surface area (Å²) in [4.78, 5) is 5.68. The van der Waals surface area contributed by atoms with Gasteiger partial charge in [-0.2, -0.15) is 13.2 Å². The number of hydrogen-bond donors (Lipinski definition) is 1. The van der Waals surface area contributed by atoms with Crippen LogP contribution in [-0.4, -0.2) is 36.2 Å². The van der Waals surface area contributed by atoms with Crippen LogP contribution < -0.4 is 5.73 Å². The summed E-state index contributed by atoms with van der Waals surface area (Å²) >= 11 is 1.34. The van der Waals surface area contributed by atoms with Crippen molar-refractivity contribution in [2.75, 3.05) is 25.9 Å². The van der Waals surface area contributed by atoms with Crippen molar-refractivity contribution in [3.63, 3.8) is 0 Å². The van der Waals surface area contributed by atoms with Crippen molar-refractivity contribution in [3.8, 4) is 0 Å². The highest BCUT2D eigenvalue weighted by atomic mass is 32.1. The quantitative estimate of drug-likeness (QED) is 0.874. The van der Waals surface area contributed by atoms with E-state index in [2.05, 4.69) is 4.98 Å². The van der Waals surface area contributed by atoms with E-state index in [-0.39, 0.29) is 6.54 Å². The van der Waals surface area contributed by atoms with Crippen LogP contribution in [0.15, 0.2) is 5.38 Å². The monoisotopic (exact) mass is 253 g/mol. The molecule has 0 amide bonds. The molecule has 1 heterocycles. The molecule has 0 aliphatic rings. The van der Waals surface area contributed by atoms with Crippen LogP contribution in [-0.2, 0) is 6.42 Å². The molecular formula is C9H14F3N3S. The lowest BCUT2D eigenvalue weighted by molar-refractivity contribution is -0.137. The Morgan fingerprint density at radius 3 is 2.62 bits per heavy atom. The molecule has 1 aromatic rings. The number of alkyl halides is 3. The molecule has 0 radical (unpaired) electrons. The van der Waals surface area contributed by atoms with Crippen LogP contribution in [0.4, 0.5) is 18.3 Å². The van der Waals surface area contributed by atoms with Crippen molar-refractivity contribution < 1.29 is 13.2 Å². The highest BCUT2D eigenvalue weighted by Gasteiger charge is 2.26. The van der Waals surface area contributed by atoms with Gasteiger partial charge in [0.25, 0.3) is 0 Å². The maximum atomic E-state index is 11.9. The molecule has 1 aromatic heterocycles. The van der Waals surface area contributed by atoms with E-state index in [4.69, 9.17) is 5.73 Å². The van der Waals surface area contributed by atoms with Gasteiger partial charge in [-0.25, -0.2) is 4.98 Å². The molecule has 0 spiro atoms. The first kappa shape index (κ1) is 13.2. The Kier molecular flexibility index (Phi) is 4.55. The fourth-order valence-corrected chi connectivity index (χ4v) is 1.77. The Labute approximate surface area is 96.1 Å². The van der Waals surface area contributed by atoms with Crippen LogP contribution in [0.25, 0.3) is 0 Å². The van der Waals surface area contributed by atoms with Gasteiger partial charge >= 0.3 is 6.18 Å². The molecule has 0 saturated carbocycles. The van der Waals surface area contributed by atoms with E-state index in [1.54, 1.807) is 11.9 Å². The Morgan fingerprint density at radius 1 is 1.44 bits per heavy atom. The fraction of sp³-hybridized carbons (Fsp3) is 0.667. The van der Waals surface area contributed by atoms with Gasteiger partial charge in [0.2, 0.25) is 0 Å². The molecule has 0 fully saturated rings. The third-order valence-electron chi connectivity index (χ3n) is 2.10. The summed E-state index contributed by atoms with van der Waals surface area (Å²) in [7, 11) is 1.67. The average molecular weight is 253 g/mol. The molecule has 0 bridgehead atoms. The maximum absolute atomic E-state index is 11.9. The molecule has 0 aliphatic carbocycles. The van der Waals surface area contributed by atoms with E-state index < -0.39 is 12.6 Å². The molecule has 92 valence electrons. The number of nitrogen functional groups attached to an aromatic ring is 1. The van der Waals surface area contributed by atoms with Crippen LogP contribution >= 0.6 is 11.3 Å². The molecule has 2 N–H and O–H groups in total. The first-order valence-electron chi connectivity index (χ1n) is 4.82. The second-order valence-electron chi connectivity index (χ2n) is 3.60. The van der Waals surface area contributed by atoms with Crippen LogP contribution in [0, 0.1) is 0 Å². The summed E-state index contributed by atoms with van der Waals surface area (Å²) in [5.41, 5.74) is 6.28. The molecular weight excluding hydrogens is 239 g/mol. The van der Waals surface area contributed by atoms with Gasteiger partial charge in [-0.3, -0.25) is 0 Å². The summed E-state index contributed by atoms with van der Waals surface area (Å²) < 4.78 is 35.8. The van der Waals surface area contributed by atoms with Gasteiger partial charge in [0.1, 0.15) is 0 Å². The third-order valence-corrected chi connectivity index (χ3v) is 2.82. The average Bonchev–Trinajstić information content (AvgIpc) is 2.57. The van der Waals surface area contributed by atoms with E-state index in [1.807, 2.05) is 5.38 Å². The summed E-state index contributed by atoms with van der Waals surface area (Å²) in [5, 5.41) is 2.32. The number of anilines is 1. The zero-order valence-corrected chi connectivity index (χ0v) is 9.74. The standard InChI is InChI=1S/C9H14F3N3S/c1-15(5-3-9(10,11)12)4-2-7-6-16-8(13)14-7/h6H,2-5H2,1H3,(H2,13,14). The number of aromatic nitrogens is 1. The summed E-state index contributed by atoms with van der Waals surface area (Å²) in [6, 6.07) is 0. The molecule has 0 atom stereocenters. The number of hydrogen-bond acceptors (Lipinski definition) is 4. The minimum Gasteiger partial charge on any atom is -0.375 e. The normalized spacial score (nSPS) is 12.3. The minimum absolute atomic E-state index is 0.0170. The number of rotatable bonds is 5. The summed E-state index contributed by atoms with van der Waals surface area (Å²) in [6.45, 7) is 0.572. The van der Waals surface area contributed by atoms with Crippen LogP contribution in [0.1, 0.15) is 12.1 Å². The Hall–Kier alpha value is -0.820. The lowest BCUT2D eigenvalue weighted by Gasteiger charge is -2.16.